The van der Waals surface area contributed by atoms with Crippen LogP contribution in [0.5, 0.6) is 0 Å². The lowest BCUT2D eigenvalue weighted by atomic mass is 10.6. The summed E-state index contributed by atoms with van der Waals surface area (Å²) in [6.45, 7) is 5.31. The maximum absolute atomic E-state index is 5.71. The number of hydrogen-bond acceptors (Lipinski definition) is 5. The van der Waals surface area contributed by atoms with Crippen LogP contribution >= 0.6 is 0 Å². The SMILES string of the molecule is CCC([Si]1CCNC1(C)OC)[Si](OC)(OC)OC. The normalized spacial score (nSPS) is 27.7. The molecule has 18 heavy (non-hydrogen) atoms. The average molecular weight is 293 g/mol. The molecule has 0 aromatic heterocycles. The minimum absolute atomic E-state index is 0.223. The van der Waals surface area contributed by atoms with Crippen LogP contribution in [0.2, 0.25) is 11.2 Å². The summed E-state index contributed by atoms with van der Waals surface area (Å²) in [7, 11) is 3.42. The van der Waals surface area contributed by atoms with Crippen molar-refractivity contribution in [3.05, 3.63) is 0 Å². The molecule has 1 N–H and O–H groups in total. The predicted molar refractivity (Wildman–Crippen MR) is 74.8 cm³/mol. The monoisotopic (exact) mass is 292 g/mol. The van der Waals surface area contributed by atoms with Crippen molar-refractivity contribution in [3.8, 4) is 0 Å². The summed E-state index contributed by atoms with van der Waals surface area (Å²) in [5.74, 6) is 0. The Morgan fingerprint density at radius 2 is 1.78 bits per heavy atom. The van der Waals surface area contributed by atoms with Gasteiger partial charge in [0.2, 0.25) is 0 Å². The Bertz CT molecular complexity index is 257. The van der Waals surface area contributed by atoms with Gasteiger partial charge in [-0.25, -0.2) is 0 Å². The van der Waals surface area contributed by atoms with Gasteiger partial charge >= 0.3 is 8.80 Å². The molecule has 7 heteroatoms. The summed E-state index contributed by atoms with van der Waals surface area (Å²) >= 11 is 0. The second-order valence-corrected chi connectivity index (χ2v) is 11.5. The van der Waals surface area contributed by atoms with Crippen molar-refractivity contribution in [1.82, 2.24) is 5.32 Å². The van der Waals surface area contributed by atoms with Gasteiger partial charge in [0.25, 0.3) is 0 Å². The fourth-order valence-electron chi connectivity index (χ4n) is 2.88. The van der Waals surface area contributed by atoms with Gasteiger partial charge in [0, 0.05) is 33.6 Å². The van der Waals surface area contributed by atoms with Gasteiger partial charge in [0.1, 0.15) is 14.1 Å². The predicted octanol–water partition coefficient (Wildman–Crippen LogP) is 1.18. The molecule has 1 fully saturated rings. The van der Waals surface area contributed by atoms with Crippen LogP contribution in [-0.4, -0.2) is 57.9 Å². The van der Waals surface area contributed by atoms with Crippen molar-refractivity contribution >= 4 is 17.6 Å². The molecule has 107 valence electrons. The summed E-state index contributed by atoms with van der Waals surface area (Å²) in [5, 5.41) is 3.58. The van der Waals surface area contributed by atoms with Crippen molar-refractivity contribution in [2.75, 3.05) is 35.0 Å². The molecular formula is C11H26NO4Si2. The lowest BCUT2D eigenvalue weighted by molar-refractivity contribution is 0.0501. The minimum atomic E-state index is -2.59. The van der Waals surface area contributed by atoms with E-state index in [1.165, 1.54) is 0 Å². The van der Waals surface area contributed by atoms with E-state index >= 15 is 0 Å². The van der Waals surface area contributed by atoms with Gasteiger partial charge in [-0.15, -0.1) is 0 Å². The Kier molecular flexibility index (Phi) is 5.97. The summed E-state index contributed by atoms with van der Waals surface area (Å²) in [4.78, 5) is 0. The standard InChI is InChI=1S/C11H26NO4Si2/c1-7-10(18(14-4,15-5)16-6)17-9-8-12-11(17,2)13-3/h10,12H,7-9H2,1-6H3. The molecule has 0 spiro atoms. The Labute approximate surface area is 113 Å². The second kappa shape index (κ2) is 6.60. The fraction of sp³-hybridized carbons (Fsp3) is 1.00. The third kappa shape index (κ3) is 2.72. The van der Waals surface area contributed by atoms with Crippen LogP contribution < -0.4 is 5.32 Å². The third-order valence-corrected chi connectivity index (χ3v) is 12.7. The van der Waals surface area contributed by atoms with Crippen molar-refractivity contribution in [2.24, 2.45) is 0 Å². The van der Waals surface area contributed by atoms with E-state index in [2.05, 4.69) is 19.2 Å². The van der Waals surface area contributed by atoms with Crippen LogP contribution in [-0.2, 0) is 18.0 Å². The zero-order valence-electron chi connectivity index (χ0n) is 12.3. The van der Waals surface area contributed by atoms with Gasteiger partial charge in [-0.05, 0) is 19.5 Å². The Hall–Kier alpha value is 0.234. The highest BCUT2D eigenvalue weighted by molar-refractivity contribution is 6.82. The van der Waals surface area contributed by atoms with E-state index < -0.39 is 17.6 Å². The first-order valence-corrected chi connectivity index (χ1v) is 9.94. The first kappa shape index (κ1) is 16.3. The van der Waals surface area contributed by atoms with Gasteiger partial charge in [0.15, 0.2) is 0 Å². The average Bonchev–Trinajstić information content (AvgIpc) is 2.79. The molecule has 0 aliphatic carbocycles. The zero-order chi connectivity index (χ0) is 13.8. The van der Waals surface area contributed by atoms with Gasteiger partial charge < -0.3 is 18.0 Å². The Morgan fingerprint density at radius 3 is 2.17 bits per heavy atom. The summed E-state index contributed by atoms with van der Waals surface area (Å²) < 4.78 is 22.7. The van der Waals surface area contributed by atoms with E-state index in [0.29, 0.717) is 5.16 Å². The highest BCUT2D eigenvalue weighted by Crippen LogP contribution is 2.38. The molecule has 5 nitrogen and oxygen atoms in total. The van der Waals surface area contributed by atoms with Gasteiger partial charge in [-0.3, -0.25) is 5.32 Å². The van der Waals surface area contributed by atoms with Crippen LogP contribution in [0.1, 0.15) is 20.3 Å². The van der Waals surface area contributed by atoms with Crippen LogP contribution in [0.15, 0.2) is 0 Å². The second-order valence-electron chi connectivity index (χ2n) is 4.62. The van der Waals surface area contributed by atoms with E-state index in [-0.39, 0.29) is 5.35 Å². The maximum atomic E-state index is 5.71. The van der Waals surface area contributed by atoms with E-state index in [0.717, 1.165) is 19.0 Å². The molecule has 1 rings (SSSR count). The van der Waals surface area contributed by atoms with Crippen LogP contribution in [0.3, 0.4) is 0 Å². The number of methoxy groups -OCH3 is 1. The topological polar surface area (TPSA) is 49.0 Å². The van der Waals surface area contributed by atoms with Gasteiger partial charge in [0.05, 0.1) is 0 Å². The molecular weight excluding hydrogens is 266 g/mol. The van der Waals surface area contributed by atoms with Crippen LogP contribution in [0.4, 0.5) is 0 Å². The highest BCUT2D eigenvalue weighted by Gasteiger charge is 2.57. The molecule has 0 saturated carbocycles. The first-order chi connectivity index (χ1) is 8.53. The molecule has 0 aromatic carbocycles. The van der Waals surface area contributed by atoms with Crippen molar-refractivity contribution in [1.29, 1.82) is 0 Å². The summed E-state index contributed by atoms with van der Waals surface area (Å²) in [6, 6.07) is 1.15. The molecule has 0 amide bonds. The van der Waals surface area contributed by atoms with Crippen molar-refractivity contribution in [3.63, 3.8) is 0 Å². The van der Waals surface area contributed by atoms with Gasteiger partial charge in [-0.1, -0.05) is 13.3 Å². The van der Waals surface area contributed by atoms with E-state index in [9.17, 15) is 0 Å². The lowest BCUT2D eigenvalue weighted by Crippen LogP contribution is -2.60. The van der Waals surface area contributed by atoms with E-state index in [1.807, 2.05) is 0 Å². The molecule has 1 radical (unpaired) electrons. The number of hydrogen-bond donors (Lipinski definition) is 1. The summed E-state index contributed by atoms with van der Waals surface area (Å²) in [6.07, 6.45) is 0.997. The fourth-order valence-corrected chi connectivity index (χ4v) is 11.8. The lowest BCUT2D eigenvalue weighted by Gasteiger charge is -2.40. The zero-order valence-corrected chi connectivity index (χ0v) is 14.3. The molecule has 1 aliphatic heterocycles. The molecule has 2 unspecified atom stereocenters. The molecule has 0 bridgehead atoms. The number of nitrogens with one attached hydrogen (secondary N) is 1. The van der Waals surface area contributed by atoms with Crippen LogP contribution in [0.25, 0.3) is 0 Å². The molecule has 1 saturated heterocycles. The number of rotatable bonds is 7. The minimum Gasteiger partial charge on any atom is -0.377 e. The highest BCUT2D eigenvalue weighted by atomic mass is 28.4. The van der Waals surface area contributed by atoms with Crippen molar-refractivity contribution < 1.29 is 18.0 Å². The first-order valence-electron chi connectivity index (χ1n) is 6.35. The quantitative estimate of drug-likeness (QED) is 0.714. The van der Waals surface area contributed by atoms with Crippen molar-refractivity contribution in [2.45, 2.75) is 36.8 Å². The molecule has 1 heterocycles. The number of ether oxygens (including phenoxy) is 1. The Balaban J connectivity index is 3.01. The third-order valence-electron chi connectivity index (χ3n) is 3.99. The molecule has 0 aromatic rings. The maximum Gasteiger partial charge on any atom is 0.500 e. The Morgan fingerprint density at radius 1 is 1.22 bits per heavy atom. The van der Waals surface area contributed by atoms with E-state index in [1.54, 1.807) is 28.4 Å². The van der Waals surface area contributed by atoms with Gasteiger partial charge in [-0.2, -0.15) is 0 Å². The molecule has 2 atom stereocenters. The summed E-state index contributed by atoms with van der Waals surface area (Å²) in [5.41, 5.74) is 0. The molecule has 1 aliphatic rings. The van der Waals surface area contributed by atoms with Crippen LogP contribution in [0, 0.1) is 0 Å². The smallest absolute Gasteiger partial charge is 0.377 e. The van der Waals surface area contributed by atoms with E-state index in [4.69, 9.17) is 18.0 Å². The largest absolute Gasteiger partial charge is 0.500 e.